The van der Waals surface area contributed by atoms with Crippen LogP contribution in [0.4, 0.5) is 0 Å². The molecule has 0 N–H and O–H groups in total. The Morgan fingerprint density at radius 3 is 2.00 bits per heavy atom. The van der Waals surface area contributed by atoms with E-state index in [0.29, 0.717) is 4.08 Å². The van der Waals surface area contributed by atoms with E-state index in [9.17, 15) is 0 Å². The second-order valence-corrected chi connectivity index (χ2v) is 5.61. The Labute approximate surface area is 60.8 Å². The highest BCUT2D eigenvalue weighted by Gasteiger charge is 2.13. The van der Waals surface area contributed by atoms with E-state index in [1.165, 1.54) is 5.75 Å². The van der Waals surface area contributed by atoms with Gasteiger partial charge < -0.3 is 0 Å². The van der Waals surface area contributed by atoms with Gasteiger partial charge in [-0.15, -0.1) is 23.5 Å². The van der Waals surface area contributed by atoms with Gasteiger partial charge in [0.2, 0.25) is 0 Å². The minimum atomic E-state index is 0.425. The summed E-state index contributed by atoms with van der Waals surface area (Å²) >= 11 is 3.91. The summed E-state index contributed by atoms with van der Waals surface area (Å²) in [5.41, 5.74) is 0. The summed E-state index contributed by atoms with van der Waals surface area (Å²) in [5, 5.41) is 0. The minimum Gasteiger partial charge on any atom is -0.148 e. The molecule has 0 saturated carbocycles. The van der Waals surface area contributed by atoms with Gasteiger partial charge >= 0.3 is 0 Å². The molecule has 0 aliphatic carbocycles. The summed E-state index contributed by atoms with van der Waals surface area (Å²) in [4.78, 5) is 0. The Morgan fingerprint density at radius 2 is 1.88 bits per heavy atom. The van der Waals surface area contributed by atoms with E-state index in [-0.39, 0.29) is 0 Å². The summed E-state index contributed by atoms with van der Waals surface area (Å²) in [6, 6.07) is 0. The Hall–Kier alpha value is 0.700. The van der Waals surface area contributed by atoms with Crippen molar-refractivity contribution in [1.29, 1.82) is 0 Å². The molecule has 0 saturated heterocycles. The highest BCUT2D eigenvalue weighted by Crippen LogP contribution is 2.33. The first-order chi connectivity index (χ1) is 3.62. The number of hydrogen-bond donors (Lipinski definition) is 0. The zero-order valence-corrected chi connectivity index (χ0v) is 7.66. The van der Waals surface area contributed by atoms with Crippen molar-refractivity contribution in [2.75, 3.05) is 12.0 Å². The van der Waals surface area contributed by atoms with E-state index >= 15 is 0 Å². The molecule has 0 unspecified atom stereocenters. The van der Waals surface area contributed by atoms with Crippen LogP contribution in [0.3, 0.4) is 0 Å². The zero-order chi connectivity index (χ0) is 6.62. The molecule has 0 aliphatic rings. The average molecular weight is 150 g/mol. The van der Waals surface area contributed by atoms with Gasteiger partial charge in [-0.25, -0.2) is 0 Å². The van der Waals surface area contributed by atoms with Crippen LogP contribution in [0.1, 0.15) is 20.8 Å². The third-order valence-electron chi connectivity index (χ3n) is 0.984. The average Bonchev–Trinajstić information content (AvgIpc) is 1.67. The minimum absolute atomic E-state index is 0.425. The molecule has 0 fully saturated rings. The zero-order valence-electron chi connectivity index (χ0n) is 6.02. The van der Waals surface area contributed by atoms with Crippen LogP contribution in [-0.2, 0) is 0 Å². The molecule has 0 atom stereocenters. The second kappa shape index (κ2) is 3.67. The van der Waals surface area contributed by atoms with Crippen molar-refractivity contribution in [2.45, 2.75) is 24.9 Å². The molecule has 0 spiro atoms. The van der Waals surface area contributed by atoms with E-state index in [4.69, 9.17) is 0 Å². The van der Waals surface area contributed by atoms with Crippen LogP contribution in [0.15, 0.2) is 0 Å². The van der Waals surface area contributed by atoms with E-state index in [1.807, 2.05) is 23.5 Å². The van der Waals surface area contributed by atoms with Crippen molar-refractivity contribution in [2.24, 2.45) is 0 Å². The molecule has 0 radical (unpaired) electrons. The van der Waals surface area contributed by atoms with Crippen molar-refractivity contribution in [1.82, 2.24) is 0 Å². The van der Waals surface area contributed by atoms with E-state index < -0.39 is 0 Å². The maximum atomic E-state index is 2.26. The molecular formula is C6H14S2. The van der Waals surface area contributed by atoms with Crippen LogP contribution >= 0.6 is 23.5 Å². The van der Waals surface area contributed by atoms with E-state index in [0.717, 1.165) is 0 Å². The summed E-state index contributed by atoms with van der Waals surface area (Å²) in [7, 11) is 0. The van der Waals surface area contributed by atoms with Crippen LogP contribution in [-0.4, -0.2) is 16.1 Å². The van der Waals surface area contributed by atoms with Crippen molar-refractivity contribution in [3.05, 3.63) is 0 Å². The van der Waals surface area contributed by atoms with Gasteiger partial charge in [0.1, 0.15) is 0 Å². The van der Waals surface area contributed by atoms with E-state index in [1.54, 1.807) is 0 Å². The molecule has 0 aromatic rings. The van der Waals surface area contributed by atoms with Gasteiger partial charge in [0.15, 0.2) is 0 Å². The molecule has 0 nitrogen and oxygen atoms in total. The van der Waals surface area contributed by atoms with Crippen molar-refractivity contribution in [3.63, 3.8) is 0 Å². The first-order valence-corrected chi connectivity index (χ1v) is 5.02. The fourth-order valence-electron chi connectivity index (χ4n) is 0.407. The molecule has 0 aromatic heterocycles. The predicted molar refractivity (Wildman–Crippen MR) is 45.7 cm³/mol. The predicted octanol–water partition coefficient (Wildman–Crippen LogP) is 2.84. The quantitative estimate of drug-likeness (QED) is 0.567. The lowest BCUT2D eigenvalue weighted by Gasteiger charge is -2.19. The molecule has 8 heavy (non-hydrogen) atoms. The van der Waals surface area contributed by atoms with Gasteiger partial charge in [0.05, 0.1) is 4.08 Å². The molecule has 50 valence electrons. The summed E-state index contributed by atoms with van der Waals surface area (Å²) < 4.78 is 0.425. The van der Waals surface area contributed by atoms with Crippen LogP contribution in [0.5, 0.6) is 0 Å². The van der Waals surface area contributed by atoms with Crippen molar-refractivity contribution < 1.29 is 0 Å². The lowest BCUT2D eigenvalue weighted by Crippen LogP contribution is -2.07. The molecule has 0 heterocycles. The Balaban J connectivity index is 3.37. The monoisotopic (exact) mass is 150 g/mol. The first kappa shape index (κ1) is 8.70. The Kier molecular flexibility index (Phi) is 4.00. The molecule has 0 aromatic carbocycles. The van der Waals surface area contributed by atoms with Gasteiger partial charge in [-0.2, -0.15) is 0 Å². The van der Waals surface area contributed by atoms with Gasteiger partial charge in [-0.3, -0.25) is 0 Å². The van der Waals surface area contributed by atoms with Crippen LogP contribution in [0, 0.1) is 0 Å². The Morgan fingerprint density at radius 1 is 1.38 bits per heavy atom. The smallest absolute Gasteiger partial charge is 0.0552 e. The third-order valence-corrected chi connectivity index (χ3v) is 3.80. The molecule has 2 heteroatoms. The standard InChI is InChI=1S/C6H14S2/c1-5-8-6(2,3)7-4/h5H2,1-4H3. The molecule has 0 aliphatic heterocycles. The number of hydrogen-bond acceptors (Lipinski definition) is 2. The third kappa shape index (κ3) is 3.67. The molecular weight excluding hydrogens is 136 g/mol. The van der Waals surface area contributed by atoms with Crippen molar-refractivity contribution >= 4 is 23.5 Å². The lowest BCUT2D eigenvalue weighted by atomic mass is 10.5. The van der Waals surface area contributed by atoms with Gasteiger partial charge in [0, 0.05) is 0 Å². The van der Waals surface area contributed by atoms with Crippen LogP contribution < -0.4 is 0 Å². The highest BCUT2D eigenvalue weighted by atomic mass is 32.2. The lowest BCUT2D eigenvalue weighted by molar-refractivity contribution is 1.03. The summed E-state index contributed by atoms with van der Waals surface area (Å²) in [6.07, 6.45) is 2.16. The number of thioether (sulfide) groups is 2. The second-order valence-electron chi connectivity index (χ2n) is 2.04. The topological polar surface area (TPSA) is 0 Å². The van der Waals surface area contributed by atoms with Gasteiger partial charge in [-0.1, -0.05) is 6.92 Å². The summed E-state index contributed by atoms with van der Waals surface area (Å²) in [6.45, 7) is 6.71. The fraction of sp³-hybridized carbons (Fsp3) is 1.00. The highest BCUT2D eigenvalue weighted by molar-refractivity contribution is 8.17. The normalized spacial score (nSPS) is 12.0. The van der Waals surface area contributed by atoms with Crippen LogP contribution in [0.25, 0.3) is 0 Å². The van der Waals surface area contributed by atoms with Gasteiger partial charge in [0.25, 0.3) is 0 Å². The first-order valence-electron chi connectivity index (χ1n) is 2.81. The molecule has 0 rings (SSSR count). The van der Waals surface area contributed by atoms with Gasteiger partial charge in [-0.05, 0) is 25.9 Å². The fourth-order valence-corrected chi connectivity index (χ4v) is 1.93. The maximum Gasteiger partial charge on any atom is 0.0552 e. The largest absolute Gasteiger partial charge is 0.148 e. The number of rotatable bonds is 3. The molecule has 0 bridgehead atoms. The van der Waals surface area contributed by atoms with Crippen LogP contribution in [0.2, 0.25) is 0 Å². The SMILES string of the molecule is CCSC(C)(C)SC. The van der Waals surface area contributed by atoms with Crippen molar-refractivity contribution in [3.8, 4) is 0 Å². The van der Waals surface area contributed by atoms with E-state index in [2.05, 4.69) is 27.0 Å². The maximum absolute atomic E-state index is 2.26. The molecule has 0 amide bonds. The summed E-state index contributed by atoms with van der Waals surface area (Å²) in [5.74, 6) is 1.22. The Bertz CT molecular complexity index is 59.5.